The topological polar surface area (TPSA) is 46.1 Å². The summed E-state index contributed by atoms with van der Waals surface area (Å²) in [6.07, 6.45) is 1.97. The van der Waals surface area contributed by atoms with Gasteiger partial charge in [-0.3, -0.25) is 9.36 Å². The molecule has 2 N–H and O–H groups in total. The third-order valence-electron chi connectivity index (χ3n) is 3.50. The highest BCUT2D eigenvalue weighted by molar-refractivity contribution is 5.93. The summed E-state index contributed by atoms with van der Waals surface area (Å²) in [5, 5.41) is 8.03. The molecule has 1 aromatic carbocycles. The first-order valence-corrected chi connectivity index (χ1v) is 6.32. The van der Waals surface area contributed by atoms with Crippen LogP contribution in [0.5, 0.6) is 0 Å². The van der Waals surface area contributed by atoms with Gasteiger partial charge in [-0.25, -0.2) is 0 Å². The Morgan fingerprint density at radius 3 is 2.89 bits per heavy atom. The van der Waals surface area contributed by atoms with Crippen LogP contribution in [0, 0.1) is 0 Å². The second-order valence-electron chi connectivity index (χ2n) is 4.70. The molecule has 3 rings (SSSR count). The molecule has 2 aromatic rings. The normalized spacial score (nSPS) is 20.2. The van der Waals surface area contributed by atoms with Crippen LogP contribution in [-0.4, -0.2) is 30.1 Å². The summed E-state index contributed by atoms with van der Waals surface area (Å²) in [7, 11) is 0. The van der Waals surface area contributed by atoms with Crippen molar-refractivity contribution in [3.05, 3.63) is 36.0 Å². The summed E-state index contributed by atoms with van der Waals surface area (Å²) in [5.41, 5.74) is 2.19. The zero-order valence-electron chi connectivity index (χ0n) is 10.4. The molecule has 18 heavy (non-hydrogen) atoms. The van der Waals surface area contributed by atoms with Gasteiger partial charge in [0.1, 0.15) is 0 Å². The number of para-hydroxylation sites is 1. The largest absolute Gasteiger partial charge is 0.314 e. The molecule has 4 heteroatoms. The number of piperazine rings is 1. The van der Waals surface area contributed by atoms with Gasteiger partial charge in [0, 0.05) is 44.2 Å². The molecule has 1 saturated heterocycles. The molecule has 0 saturated carbocycles. The number of fused-ring (bicyclic) bond motifs is 1. The molecule has 0 spiro atoms. The lowest BCUT2D eigenvalue weighted by atomic mass is 10.0. The summed E-state index contributed by atoms with van der Waals surface area (Å²) >= 11 is 0. The molecule has 1 aromatic heterocycles. The van der Waals surface area contributed by atoms with Gasteiger partial charge in [0.15, 0.2) is 0 Å². The lowest BCUT2D eigenvalue weighted by Crippen LogP contribution is -2.42. The van der Waals surface area contributed by atoms with E-state index in [0.717, 1.165) is 30.5 Å². The van der Waals surface area contributed by atoms with Crippen molar-refractivity contribution in [1.82, 2.24) is 15.2 Å². The van der Waals surface area contributed by atoms with Crippen molar-refractivity contribution < 1.29 is 4.79 Å². The van der Waals surface area contributed by atoms with Crippen molar-refractivity contribution >= 4 is 16.8 Å². The summed E-state index contributed by atoms with van der Waals surface area (Å²) in [6.45, 7) is 4.47. The van der Waals surface area contributed by atoms with Crippen molar-refractivity contribution in [2.24, 2.45) is 0 Å². The van der Waals surface area contributed by atoms with E-state index in [1.165, 1.54) is 5.56 Å². The van der Waals surface area contributed by atoms with Crippen molar-refractivity contribution in [2.75, 3.05) is 19.6 Å². The highest BCUT2D eigenvalue weighted by Gasteiger charge is 2.20. The molecular weight excluding hydrogens is 226 g/mol. The smallest absolute Gasteiger partial charge is 0.227 e. The maximum Gasteiger partial charge on any atom is 0.227 e. The maximum absolute atomic E-state index is 11.7. The average molecular weight is 243 g/mol. The summed E-state index contributed by atoms with van der Waals surface area (Å²) in [4.78, 5) is 11.7. The number of benzene rings is 1. The van der Waals surface area contributed by atoms with E-state index in [-0.39, 0.29) is 11.9 Å². The van der Waals surface area contributed by atoms with E-state index in [4.69, 9.17) is 0 Å². The Balaban J connectivity index is 2.13. The zero-order chi connectivity index (χ0) is 12.5. The molecule has 0 unspecified atom stereocenters. The number of aromatic nitrogens is 1. The minimum absolute atomic E-state index is 0.0567. The predicted molar refractivity (Wildman–Crippen MR) is 71.9 cm³/mol. The second kappa shape index (κ2) is 4.55. The Kier molecular flexibility index (Phi) is 2.89. The Morgan fingerprint density at radius 2 is 2.17 bits per heavy atom. The van der Waals surface area contributed by atoms with E-state index in [1.807, 2.05) is 24.4 Å². The Morgan fingerprint density at radius 1 is 1.33 bits per heavy atom. The van der Waals surface area contributed by atoms with E-state index in [1.54, 1.807) is 11.5 Å². The molecule has 2 heterocycles. The first kappa shape index (κ1) is 11.4. The Hall–Kier alpha value is -1.65. The number of carbonyl (C=O) groups excluding carboxylic acids is 1. The van der Waals surface area contributed by atoms with Crippen LogP contribution in [0.1, 0.15) is 23.3 Å². The van der Waals surface area contributed by atoms with Gasteiger partial charge in [-0.15, -0.1) is 0 Å². The first-order valence-electron chi connectivity index (χ1n) is 6.32. The maximum atomic E-state index is 11.7. The van der Waals surface area contributed by atoms with Crippen LogP contribution in [0.3, 0.4) is 0 Å². The Labute approximate surface area is 106 Å². The van der Waals surface area contributed by atoms with Gasteiger partial charge < -0.3 is 10.6 Å². The fourth-order valence-electron chi connectivity index (χ4n) is 2.62. The average Bonchev–Trinajstić information content (AvgIpc) is 2.79. The monoisotopic (exact) mass is 243 g/mol. The van der Waals surface area contributed by atoms with Gasteiger partial charge in [-0.05, 0) is 11.6 Å². The first-order chi connectivity index (χ1) is 8.77. The number of nitrogens with zero attached hydrogens (tertiary/aromatic N) is 1. The number of nitrogens with one attached hydrogen (secondary N) is 2. The second-order valence-corrected chi connectivity index (χ2v) is 4.70. The number of hydrogen-bond acceptors (Lipinski definition) is 3. The molecular formula is C14H17N3O. The molecule has 1 aliphatic heterocycles. The molecule has 1 atom stereocenters. The van der Waals surface area contributed by atoms with Gasteiger partial charge in [-0.1, -0.05) is 18.2 Å². The number of hydrogen-bond donors (Lipinski definition) is 2. The van der Waals surface area contributed by atoms with Gasteiger partial charge in [0.2, 0.25) is 5.91 Å². The molecule has 1 aliphatic rings. The van der Waals surface area contributed by atoms with Crippen LogP contribution in [0.4, 0.5) is 0 Å². The molecule has 0 bridgehead atoms. The third kappa shape index (κ3) is 1.83. The van der Waals surface area contributed by atoms with Crippen LogP contribution < -0.4 is 10.6 Å². The summed E-state index contributed by atoms with van der Waals surface area (Å²) < 4.78 is 1.74. The summed E-state index contributed by atoms with van der Waals surface area (Å²) in [5.74, 6) is 0.0567. The highest BCUT2D eigenvalue weighted by Crippen LogP contribution is 2.26. The summed E-state index contributed by atoms with van der Waals surface area (Å²) in [6, 6.07) is 8.35. The third-order valence-corrected chi connectivity index (χ3v) is 3.50. The molecule has 0 radical (unpaired) electrons. The van der Waals surface area contributed by atoms with Crippen molar-refractivity contribution in [2.45, 2.75) is 13.0 Å². The van der Waals surface area contributed by atoms with Crippen LogP contribution in [0.25, 0.3) is 10.9 Å². The SMILES string of the molecule is CC(=O)n1cc([C@H]2CNCCN2)c2ccccc21. The quantitative estimate of drug-likeness (QED) is 0.798. The van der Waals surface area contributed by atoms with E-state index in [2.05, 4.69) is 16.7 Å². The minimum Gasteiger partial charge on any atom is -0.314 e. The molecule has 1 fully saturated rings. The van der Waals surface area contributed by atoms with E-state index in [0.29, 0.717) is 0 Å². The van der Waals surface area contributed by atoms with Gasteiger partial charge in [-0.2, -0.15) is 0 Å². The van der Waals surface area contributed by atoms with E-state index in [9.17, 15) is 4.79 Å². The lowest BCUT2D eigenvalue weighted by molar-refractivity contribution is 0.0941. The highest BCUT2D eigenvalue weighted by atomic mass is 16.1. The van der Waals surface area contributed by atoms with Crippen LogP contribution in [0.2, 0.25) is 0 Å². The Bertz CT molecular complexity index is 582. The fraction of sp³-hybridized carbons (Fsp3) is 0.357. The minimum atomic E-state index is 0.0567. The molecule has 0 amide bonds. The number of carbonyl (C=O) groups is 1. The van der Waals surface area contributed by atoms with Gasteiger partial charge in [0.25, 0.3) is 0 Å². The van der Waals surface area contributed by atoms with E-state index >= 15 is 0 Å². The van der Waals surface area contributed by atoms with Crippen molar-refractivity contribution in [1.29, 1.82) is 0 Å². The van der Waals surface area contributed by atoms with Crippen molar-refractivity contribution in [3.8, 4) is 0 Å². The predicted octanol–water partition coefficient (Wildman–Crippen LogP) is 1.54. The van der Waals surface area contributed by atoms with E-state index < -0.39 is 0 Å². The van der Waals surface area contributed by atoms with Crippen LogP contribution in [0.15, 0.2) is 30.5 Å². The molecule has 0 aliphatic carbocycles. The lowest BCUT2D eigenvalue weighted by Gasteiger charge is -2.24. The van der Waals surface area contributed by atoms with Crippen LogP contribution >= 0.6 is 0 Å². The fourth-order valence-corrected chi connectivity index (χ4v) is 2.62. The van der Waals surface area contributed by atoms with Gasteiger partial charge in [0.05, 0.1) is 5.52 Å². The zero-order valence-corrected chi connectivity index (χ0v) is 10.4. The standard InChI is InChI=1S/C14H17N3O/c1-10(18)17-9-12(13-8-15-6-7-16-13)11-4-2-3-5-14(11)17/h2-5,9,13,15-16H,6-8H2,1H3/t13-/m1/s1. The molecule has 4 nitrogen and oxygen atoms in total. The van der Waals surface area contributed by atoms with Crippen molar-refractivity contribution in [3.63, 3.8) is 0 Å². The van der Waals surface area contributed by atoms with Crippen LogP contribution in [-0.2, 0) is 0 Å². The molecule has 94 valence electrons. The van der Waals surface area contributed by atoms with Gasteiger partial charge >= 0.3 is 0 Å². The number of rotatable bonds is 1.